The van der Waals surface area contributed by atoms with E-state index in [1.807, 2.05) is 0 Å². The first-order valence-electron chi connectivity index (χ1n) is 7.02. The molecule has 0 amide bonds. The zero-order chi connectivity index (χ0) is 15.1. The van der Waals surface area contributed by atoms with E-state index in [0.717, 1.165) is 12.8 Å². The van der Waals surface area contributed by atoms with E-state index in [1.165, 1.54) is 12.7 Å². The van der Waals surface area contributed by atoms with E-state index in [-0.39, 0.29) is 22.7 Å². The normalized spacial score (nSPS) is 21.6. The largest absolute Gasteiger partial charge is 0.406 e. The molecule has 1 saturated carbocycles. The molecule has 0 bridgehead atoms. The molecule has 1 aromatic rings. The van der Waals surface area contributed by atoms with Gasteiger partial charge in [-0.15, -0.1) is 0 Å². The van der Waals surface area contributed by atoms with E-state index in [1.54, 1.807) is 11.6 Å². The molecule has 0 saturated heterocycles. The van der Waals surface area contributed by atoms with Crippen LogP contribution in [0.3, 0.4) is 0 Å². The average Bonchev–Trinajstić information content (AvgIpc) is 2.55. The molecule has 2 rings (SSSR count). The lowest BCUT2D eigenvalue weighted by Crippen LogP contribution is -2.40. The first-order valence-corrected chi connectivity index (χ1v) is 7.02. The van der Waals surface area contributed by atoms with Crippen LogP contribution in [0.2, 0.25) is 0 Å². The van der Waals surface area contributed by atoms with E-state index in [4.69, 9.17) is 0 Å². The summed E-state index contributed by atoms with van der Waals surface area (Å²) in [6, 6.07) is 0.239. The summed E-state index contributed by atoms with van der Waals surface area (Å²) < 4.78 is 1.69. The number of nitro groups is 1. The van der Waals surface area contributed by atoms with Crippen molar-refractivity contribution in [3.8, 4) is 0 Å². The molecule has 0 aromatic carbocycles. The molecule has 1 aliphatic rings. The molecule has 0 aliphatic heterocycles. The third kappa shape index (κ3) is 3.11. The highest BCUT2D eigenvalue weighted by Gasteiger charge is 2.39. The molecule has 0 atom stereocenters. The Bertz CT molecular complexity index is 503. The van der Waals surface area contributed by atoms with Crippen molar-refractivity contribution in [1.82, 2.24) is 9.55 Å². The van der Waals surface area contributed by atoms with Crippen LogP contribution in [-0.4, -0.2) is 20.5 Å². The topological polar surface area (TPSA) is 73.0 Å². The molecule has 112 valence electrons. The molecule has 0 radical (unpaired) electrons. The van der Waals surface area contributed by atoms with E-state index < -0.39 is 4.92 Å². The Balaban J connectivity index is 2.22. The van der Waals surface area contributed by atoms with Crippen LogP contribution in [-0.2, 0) is 7.05 Å². The maximum atomic E-state index is 11.0. The number of nitrogens with zero attached hydrogens (tertiary/aromatic N) is 3. The second-order valence-electron chi connectivity index (χ2n) is 7.54. The van der Waals surface area contributed by atoms with Crippen molar-refractivity contribution < 1.29 is 4.92 Å². The summed E-state index contributed by atoms with van der Waals surface area (Å²) >= 11 is 0. The predicted molar refractivity (Wildman–Crippen MR) is 78.7 cm³/mol. The molecule has 0 unspecified atom stereocenters. The van der Waals surface area contributed by atoms with Crippen LogP contribution < -0.4 is 5.32 Å². The number of rotatable bonds is 3. The summed E-state index contributed by atoms with van der Waals surface area (Å²) in [6.45, 7) is 9.06. The molecular weight excluding hydrogens is 256 g/mol. The highest BCUT2D eigenvalue weighted by molar-refractivity contribution is 5.52. The minimum absolute atomic E-state index is 0.0892. The van der Waals surface area contributed by atoms with Crippen LogP contribution >= 0.6 is 0 Å². The lowest BCUT2D eigenvalue weighted by molar-refractivity contribution is -0.388. The zero-order valence-corrected chi connectivity index (χ0v) is 12.9. The second kappa shape index (κ2) is 4.75. The van der Waals surface area contributed by atoms with Crippen molar-refractivity contribution in [1.29, 1.82) is 0 Å². The number of anilines is 1. The van der Waals surface area contributed by atoms with Gasteiger partial charge in [0.15, 0.2) is 0 Å². The summed E-state index contributed by atoms with van der Waals surface area (Å²) in [5, 5.41) is 14.4. The van der Waals surface area contributed by atoms with Gasteiger partial charge in [-0.1, -0.05) is 27.7 Å². The van der Waals surface area contributed by atoms with Gasteiger partial charge in [0.2, 0.25) is 12.1 Å². The zero-order valence-electron chi connectivity index (χ0n) is 12.9. The predicted octanol–water partition coefficient (Wildman–Crippen LogP) is 3.35. The molecule has 20 heavy (non-hydrogen) atoms. The summed E-state index contributed by atoms with van der Waals surface area (Å²) in [4.78, 5) is 14.4. The fourth-order valence-electron chi connectivity index (χ4n) is 3.86. The molecule has 6 heteroatoms. The van der Waals surface area contributed by atoms with E-state index >= 15 is 0 Å². The summed E-state index contributed by atoms with van der Waals surface area (Å²) in [5.41, 5.74) is 0.486. The molecule has 1 aromatic heterocycles. The highest BCUT2D eigenvalue weighted by atomic mass is 16.6. The quantitative estimate of drug-likeness (QED) is 0.680. The molecule has 1 fully saturated rings. The minimum atomic E-state index is -0.429. The Kier molecular flexibility index (Phi) is 3.52. The Morgan fingerprint density at radius 3 is 2.40 bits per heavy atom. The van der Waals surface area contributed by atoms with Gasteiger partial charge >= 0.3 is 5.82 Å². The number of hydrogen-bond donors (Lipinski definition) is 1. The summed E-state index contributed by atoms with van der Waals surface area (Å²) in [5.74, 6) is 0.419. The van der Waals surface area contributed by atoms with Gasteiger partial charge in [-0.25, -0.2) is 0 Å². The Morgan fingerprint density at radius 2 is 1.90 bits per heavy atom. The lowest BCUT2D eigenvalue weighted by Gasteiger charge is -2.45. The van der Waals surface area contributed by atoms with Crippen molar-refractivity contribution in [2.45, 2.75) is 53.0 Å². The Morgan fingerprint density at radius 1 is 1.35 bits per heavy atom. The molecule has 6 nitrogen and oxygen atoms in total. The Labute approximate surface area is 119 Å². The van der Waals surface area contributed by atoms with Crippen molar-refractivity contribution in [3.63, 3.8) is 0 Å². The molecule has 0 spiro atoms. The van der Waals surface area contributed by atoms with Gasteiger partial charge < -0.3 is 15.4 Å². The second-order valence-corrected chi connectivity index (χ2v) is 7.54. The molecule has 1 N–H and O–H groups in total. The Hall–Kier alpha value is -1.59. The number of nitrogens with one attached hydrogen (secondary N) is 1. The van der Waals surface area contributed by atoms with E-state index in [9.17, 15) is 10.1 Å². The number of aryl methyl sites for hydroxylation is 1. The molecule has 1 heterocycles. The third-order valence-electron chi connectivity index (χ3n) is 3.99. The number of aromatic nitrogens is 2. The molecule has 1 aliphatic carbocycles. The first kappa shape index (κ1) is 14.8. The van der Waals surface area contributed by atoms with Crippen LogP contribution in [0.25, 0.3) is 0 Å². The lowest BCUT2D eigenvalue weighted by atomic mass is 9.63. The van der Waals surface area contributed by atoms with Crippen LogP contribution in [0, 0.1) is 20.9 Å². The highest BCUT2D eigenvalue weighted by Crippen LogP contribution is 2.46. The summed E-state index contributed by atoms with van der Waals surface area (Å²) in [7, 11) is 1.78. The van der Waals surface area contributed by atoms with Gasteiger partial charge in [0, 0.05) is 13.1 Å². The van der Waals surface area contributed by atoms with Crippen molar-refractivity contribution in [3.05, 3.63) is 16.4 Å². The number of hydrogen-bond acceptors (Lipinski definition) is 4. The maximum absolute atomic E-state index is 11.0. The van der Waals surface area contributed by atoms with Gasteiger partial charge in [-0.05, 0) is 40.0 Å². The van der Waals surface area contributed by atoms with Gasteiger partial charge in [-0.3, -0.25) is 4.57 Å². The van der Waals surface area contributed by atoms with E-state index in [0.29, 0.717) is 5.82 Å². The standard InChI is InChI=1S/C14H24N4O2/c1-13(2)6-10(7-14(3,4)8-13)16-12-11(18(19)20)15-9-17(12)5/h9-10,16H,6-8H2,1-5H3. The first-order chi connectivity index (χ1) is 9.10. The van der Waals surface area contributed by atoms with Gasteiger partial charge in [0.1, 0.15) is 0 Å². The fraction of sp³-hybridized carbons (Fsp3) is 0.786. The SMILES string of the molecule is Cn1cnc([N+](=O)[O-])c1NC1CC(C)(C)CC(C)(C)C1. The van der Waals surface area contributed by atoms with Crippen molar-refractivity contribution >= 4 is 11.6 Å². The van der Waals surface area contributed by atoms with Crippen LogP contribution in [0.1, 0.15) is 47.0 Å². The van der Waals surface area contributed by atoms with Crippen LogP contribution in [0.5, 0.6) is 0 Å². The number of imidazole rings is 1. The average molecular weight is 280 g/mol. The maximum Gasteiger partial charge on any atom is 0.406 e. The fourth-order valence-corrected chi connectivity index (χ4v) is 3.86. The minimum Gasteiger partial charge on any atom is -0.362 e. The smallest absolute Gasteiger partial charge is 0.362 e. The van der Waals surface area contributed by atoms with Crippen molar-refractivity contribution in [2.24, 2.45) is 17.9 Å². The van der Waals surface area contributed by atoms with Crippen LogP contribution in [0.15, 0.2) is 6.33 Å². The summed E-state index contributed by atoms with van der Waals surface area (Å²) in [6.07, 6.45) is 4.68. The monoisotopic (exact) mass is 280 g/mol. The van der Waals surface area contributed by atoms with Gasteiger partial charge in [-0.2, -0.15) is 0 Å². The third-order valence-corrected chi connectivity index (χ3v) is 3.99. The van der Waals surface area contributed by atoms with Crippen molar-refractivity contribution in [2.75, 3.05) is 5.32 Å². The van der Waals surface area contributed by atoms with Crippen LogP contribution in [0.4, 0.5) is 11.6 Å². The molecular formula is C14H24N4O2. The van der Waals surface area contributed by atoms with Gasteiger partial charge in [0.25, 0.3) is 0 Å². The van der Waals surface area contributed by atoms with E-state index in [2.05, 4.69) is 38.0 Å². The van der Waals surface area contributed by atoms with Gasteiger partial charge in [0.05, 0.1) is 0 Å².